The SMILES string of the molecule is CC(C)NCc1ccc(-c2ccccc2)s1. The molecule has 0 atom stereocenters. The summed E-state index contributed by atoms with van der Waals surface area (Å²) in [5.41, 5.74) is 1.31. The third-order valence-corrected chi connectivity index (χ3v) is 3.54. The molecule has 1 aromatic heterocycles. The van der Waals surface area contributed by atoms with E-state index < -0.39 is 0 Å². The average Bonchev–Trinajstić information content (AvgIpc) is 2.76. The summed E-state index contributed by atoms with van der Waals surface area (Å²) in [7, 11) is 0. The molecular formula is C14H17NS. The van der Waals surface area contributed by atoms with Crippen LogP contribution < -0.4 is 5.32 Å². The lowest BCUT2D eigenvalue weighted by Crippen LogP contribution is -2.21. The third-order valence-electron chi connectivity index (χ3n) is 2.40. The highest BCUT2D eigenvalue weighted by atomic mass is 32.1. The molecule has 16 heavy (non-hydrogen) atoms. The number of nitrogens with one attached hydrogen (secondary N) is 1. The Bertz CT molecular complexity index is 431. The Hall–Kier alpha value is -1.12. The van der Waals surface area contributed by atoms with E-state index in [1.165, 1.54) is 15.3 Å². The molecule has 1 nitrogen and oxygen atoms in total. The van der Waals surface area contributed by atoms with Crippen molar-refractivity contribution >= 4 is 11.3 Å². The van der Waals surface area contributed by atoms with Crippen LogP contribution in [0.4, 0.5) is 0 Å². The predicted octanol–water partition coefficient (Wildman–Crippen LogP) is 3.91. The number of rotatable bonds is 4. The summed E-state index contributed by atoms with van der Waals surface area (Å²) in [4.78, 5) is 2.74. The second-order valence-electron chi connectivity index (χ2n) is 4.17. The summed E-state index contributed by atoms with van der Waals surface area (Å²) < 4.78 is 0. The maximum Gasteiger partial charge on any atom is 0.0346 e. The van der Waals surface area contributed by atoms with Crippen molar-refractivity contribution in [2.75, 3.05) is 0 Å². The molecule has 0 unspecified atom stereocenters. The van der Waals surface area contributed by atoms with Crippen molar-refractivity contribution in [2.45, 2.75) is 26.4 Å². The highest BCUT2D eigenvalue weighted by Crippen LogP contribution is 2.27. The van der Waals surface area contributed by atoms with Crippen molar-refractivity contribution < 1.29 is 0 Å². The molecule has 2 rings (SSSR count). The van der Waals surface area contributed by atoms with Crippen molar-refractivity contribution in [1.29, 1.82) is 0 Å². The zero-order valence-corrected chi connectivity index (χ0v) is 10.6. The molecule has 0 radical (unpaired) electrons. The maximum atomic E-state index is 3.44. The summed E-state index contributed by atoms with van der Waals surface area (Å²) in [6.07, 6.45) is 0. The zero-order valence-electron chi connectivity index (χ0n) is 9.73. The van der Waals surface area contributed by atoms with Crippen LogP contribution in [0.3, 0.4) is 0 Å². The quantitative estimate of drug-likeness (QED) is 0.841. The van der Waals surface area contributed by atoms with E-state index in [0.29, 0.717) is 6.04 Å². The van der Waals surface area contributed by atoms with Crippen LogP contribution in [0.25, 0.3) is 10.4 Å². The molecule has 2 aromatic rings. The first-order chi connectivity index (χ1) is 7.75. The average molecular weight is 231 g/mol. The summed E-state index contributed by atoms with van der Waals surface area (Å²) in [6.45, 7) is 5.31. The zero-order chi connectivity index (χ0) is 11.4. The van der Waals surface area contributed by atoms with Gasteiger partial charge in [-0.3, -0.25) is 0 Å². The van der Waals surface area contributed by atoms with E-state index in [1.807, 2.05) is 11.3 Å². The van der Waals surface area contributed by atoms with Gasteiger partial charge in [0.2, 0.25) is 0 Å². The Balaban J connectivity index is 2.08. The van der Waals surface area contributed by atoms with Gasteiger partial charge in [0.15, 0.2) is 0 Å². The van der Waals surface area contributed by atoms with Gasteiger partial charge in [-0.05, 0) is 17.7 Å². The van der Waals surface area contributed by atoms with E-state index in [4.69, 9.17) is 0 Å². The second-order valence-corrected chi connectivity index (χ2v) is 5.34. The lowest BCUT2D eigenvalue weighted by Gasteiger charge is -2.05. The number of hydrogen-bond donors (Lipinski definition) is 1. The van der Waals surface area contributed by atoms with Gasteiger partial charge in [0, 0.05) is 22.3 Å². The molecule has 0 saturated heterocycles. The first-order valence-corrected chi connectivity index (χ1v) is 6.45. The molecule has 2 heteroatoms. The maximum absolute atomic E-state index is 3.44. The molecule has 0 aliphatic heterocycles. The highest BCUT2D eigenvalue weighted by molar-refractivity contribution is 7.15. The summed E-state index contributed by atoms with van der Waals surface area (Å²) in [5.74, 6) is 0. The van der Waals surface area contributed by atoms with Crippen molar-refractivity contribution in [3.8, 4) is 10.4 Å². The number of hydrogen-bond acceptors (Lipinski definition) is 2. The second kappa shape index (κ2) is 5.28. The van der Waals surface area contributed by atoms with Crippen LogP contribution in [0.2, 0.25) is 0 Å². The standard InChI is InChI=1S/C14H17NS/c1-11(2)15-10-13-8-9-14(16-13)12-6-4-3-5-7-12/h3-9,11,15H,10H2,1-2H3. The van der Waals surface area contributed by atoms with Crippen LogP contribution in [-0.4, -0.2) is 6.04 Å². The molecule has 0 fully saturated rings. The lowest BCUT2D eigenvalue weighted by atomic mass is 10.2. The normalized spacial score (nSPS) is 10.9. The Kier molecular flexibility index (Phi) is 3.75. The molecule has 0 amide bonds. The fourth-order valence-electron chi connectivity index (χ4n) is 1.54. The minimum Gasteiger partial charge on any atom is -0.310 e. The first kappa shape index (κ1) is 11.4. The molecule has 1 heterocycles. The number of thiophene rings is 1. The summed E-state index contributed by atoms with van der Waals surface area (Å²) in [5, 5.41) is 3.44. The smallest absolute Gasteiger partial charge is 0.0346 e. The molecule has 1 aromatic carbocycles. The predicted molar refractivity (Wildman–Crippen MR) is 71.7 cm³/mol. The molecule has 0 saturated carbocycles. The molecule has 0 aliphatic rings. The van der Waals surface area contributed by atoms with E-state index in [2.05, 4.69) is 61.6 Å². The minimum absolute atomic E-state index is 0.544. The summed E-state index contributed by atoms with van der Waals surface area (Å²) in [6, 6.07) is 15.5. The third kappa shape index (κ3) is 2.94. The summed E-state index contributed by atoms with van der Waals surface area (Å²) >= 11 is 1.87. The Morgan fingerprint density at radius 2 is 1.81 bits per heavy atom. The van der Waals surface area contributed by atoms with E-state index in [0.717, 1.165) is 6.54 Å². The Morgan fingerprint density at radius 3 is 2.50 bits per heavy atom. The van der Waals surface area contributed by atoms with Gasteiger partial charge in [0.05, 0.1) is 0 Å². The molecular weight excluding hydrogens is 214 g/mol. The molecule has 0 bridgehead atoms. The highest BCUT2D eigenvalue weighted by Gasteiger charge is 2.02. The van der Waals surface area contributed by atoms with E-state index in [9.17, 15) is 0 Å². The van der Waals surface area contributed by atoms with Crippen LogP contribution in [0.15, 0.2) is 42.5 Å². The lowest BCUT2D eigenvalue weighted by molar-refractivity contribution is 0.593. The molecule has 0 aliphatic carbocycles. The van der Waals surface area contributed by atoms with Gasteiger partial charge in [-0.15, -0.1) is 11.3 Å². The monoisotopic (exact) mass is 231 g/mol. The van der Waals surface area contributed by atoms with Gasteiger partial charge < -0.3 is 5.32 Å². The van der Waals surface area contributed by atoms with Crippen molar-refractivity contribution in [2.24, 2.45) is 0 Å². The fraction of sp³-hybridized carbons (Fsp3) is 0.286. The van der Waals surface area contributed by atoms with Crippen LogP contribution in [0, 0.1) is 0 Å². The van der Waals surface area contributed by atoms with E-state index in [-0.39, 0.29) is 0 Å². The number of benzene rings is 1. The first-order valence-electron chi connectivity index (χ1n) is 5.63. The van der Waals surface area contributed by atoms with Gasteiger partial charge >= 0.3 is 0 Å². The van der Waals surface area contributed by atoms with Gasteiger partial charge in [-0.2, -0.15) is 0 Å². The van der Waals surface area contributed by atoms with Crippen LogP contribution in [0.5, 0.6) is 0 Å². The minimum atomic E-state index is 0.544. The van der Waals surface area contributed by atoms with E-state index in [1.54, 1.807) is 0 Å². The van der Waals surface area contributed by atoms with Gasteiger partial charge in [0.1, 0.15) is 0 Å². The topological polar surface area (TPSA) is 12.0 Å². The van der Waals surface area contributed by atoms with Crippen molar-refractivity contribution in [1.82, 2.24) is 5.32 Å². The fourth-order valence-corrected chi connectivity index (χ4v) is 2.50. The van der Waals surface area contributed by atoms with Gasteiger partial charge in [-0.1, -0.05) is 44.2 Å². The van der Waals surface area contributed by atoms with Crippen LogP contribution in [-0.2, 0) is 6.54 Å². The van der Waals surface area contributed by atoms with E-state index >= 15 is 0 Å². The molecule has 1 N–H and O–H groups in total. The van der Waals surface area contributed by atoms with Crippen LogP contribution >= 0.6 is 11.3 Å². The van der Waals surface area contributed by atoms with Gasteiger partial charge in [0.25, 0.3) is 0 Å². The Morgan fingerprint density at radius 1 is 1.06 bits per heavy atom. The van der Waals surface area contributed by atoms with Gasteiger partial charge in [-0.25, -0.2) is 0 Å². The van der Waals surface area contributed by atoms with Crippen molar-refractivity contribution in [3.05, 3.63) is 47.3 Å². The largest absolute Gasteiger partial charge is 0.310 e. The Labute approximate surface area is 101 Å². The molecule has 0 spiro atoms. The van der Waals surface area contributed by atoms with Crippen LogP contribution in [0.1, 0.15) is 18.7 Å². The molecule has 84 valence electrons. The van der Waals surface area contributed by atoms with Crippen molar-refractivity contribution in [3.63, 3.8) is 0 Å².